The number of aromatic carboxylic acids is 1. The van der Waals surface area contributed by atoms with Crippen LogP contribution in [0.25, 0.3) is 0 Å². The molecule has 1 aliphatic rings. The molecule has 0 spiro atoms. The van der Waals surface area contributed by atoms with E-state index in [4.69, 9.17) is 9.84 Å². The summed E-state index contributed by atoms with van der Waals surface area (Å²) in [6, 6.07) is 0. The molecule has 1 N–H and O–H groups in total. The quantitative estimate of drug-likeness (QED) is 0.896. The molecule has 0 radical (unpaired) electrons. The predicted molar refractivity (Wildman–Crippen MR) is 56.5 cm³/mol. The molecular formula is C11H11F3N2O3. The molecular weight excluding hydrogens is 265 g/mol. The van der Waals surface area contributed by atoms with Gasteiger partial charge < -0.3 is 9.84 Å². The van der Waals surface area contributed by atoms with Gasteiger partial charge in [0.15, 0.2) is 11.5 Å². The Labute approximate surface area is 106 Å². The summed E-state index contributed by atoms with van der Waals surface area (Å²) in [6.45, 7) is 2.01. The largest absolute Gasteiger partial charge is 0.478 e. The van der Waals surface area contributed by atoms with Crippen molar-refractivity contribution in [1.82, 2.24) is 9.97 Å². The fourth-order valence-electron chi connectivity index (χ4n) is 1.96. The lowest BCUT2D eigenvalue weighted by molar-refractivity contribution is -0.142. The second-order valence-corrected chi connectivity index (χ2v) is 4.44. The molecule has 5 nitrogen and oxygen atoms in total. The zero-order valence-corrected chi connectivity index (χ0v) is 9.99. The van der Waals surface area contributed by atoms with Gasteiger partial charge in [-0.05, 0) is 19.8 Å². The summed E-state index contributed by atoms with van der Waals surface area (Å²) in [7, 11) is 0. The van der Waals surface area contributed by atoms with Crippen molar-refractivity contribution in [2.75, 3.05) is 6.61 Å². The van der Waals surface area contributed by atoms with E-state index < -0.39 is 29.0 Å². The number of hydrogen-bond acceptors (Lipinski definition) is 4. The third-order valence-electron chi connectivity index (χ3n) is 2.98. The molecule has 2 rings (SSSR count). The number of halogens is 3. The van der Waals surface area contributed by atoms with Gasteiger partial charge in [0, 0.05) is 12.8 Å². The van der Waals surface area contributed by atoms with Crippen LogP contribution in [0.5, 0.6) is 0 Å². The first-order valence-electron chi connectivity index (χ1n) is 5.56. The molecule has 0 aliphatic carbocycles. The highest BCUT2D eigenvalue weighted by Crippen LogP contribution is 2.36. The summed E-state index contributed by atoms with van der Waals surface area (Å²) in [5.74, 6) is -1.85. The normalized spacial score (nSPS) is 23.6. The zero-order chi connectivity index (χ0) is 14.3. The molecule has 1 aromatic heterocycles. The minimum atomic E-state index is -4.85. The van der Waals surface area contributed by atoms with Crippen LogP contribution in [0, 0.1) is 0 Å². The minimum Gasteiger partial charge on any atom is -0.478 e. The summed E-state index contributed by atoms with van der Waals surface area (Å²) in [5, 5.41) is 8.74. The van der Waals surface area contributed by atoms with Crippen molar-refractivity contribution in [2.45, 2.75) is 31.5 Å². The zero-order valence-electron chi connectivity index (χ0n) is 9.99. The van der Waals surface area contributed by atoms with Gasteiger partial charge in [0.1, 0.15) is 11.2 Å². The van der Waals surface area contributed by atoms with Crippen LogP contribution in [-0.2, 0) is 16.5 Å². The van der Waals surface area contributed by atoms with Gasteiger partial charge in [-0.1, -0.05) is 0 Å². The van der Waals surface area contributed by atoms with E-state index in [1.807, 2.05) is 0 Å². The highest BCUT2D eigenvalue weighted by molar-refractivity contribution is 5.88. The molecule has 0 bridgehead atoms. The molecule has 1 aliphatic heterocycles. The van der Waals surface area contributed by atoms with E-state index in [0.29, 0.717) is 25.6 Å². The SMILES string of the molecule is CC1(c2ncc(C(=O)O)c(C(F)(F)F)n2)CCCO1. The van der Waals surface area contributed by atoms with Crippen LogP contribution in [0.1, 0.15) is 41.6 Å². The highest BCUT2D eigenvalue weighted by atomic mass is 19.4. The van der Waals surface area contributed by atoms with Crippen molar-refractivity contribution in [3.63, 3.8) is 0 Å². The molecule has 0 saturated carbocycles. The van der Waals surface area contributed by atoms with E-state index in [-0.39, 0.29) is 5.82 Å². The van der Waals surface area contributed by atoms with Crippen LogP contribution in [0.15, 0.2) is 6.20 Å². The number of aromatic nitrogens is 2. The number of carboxylic acid groups (broad SMARTS) is 1. The first-order valence-corrected chi connectivity index (χ1v) is 5.56. The van der Waals surface area contributed by atoms with Gasteiger partial charge in [0.05, 0.1) is 0 Å². The average Bonchev–Trinajstić information content (AvgIpc) is 2.75. The van der Waals surface area contributed by atoms with Gasteiger partial charge in [-0.25, -0.2) is 14.8 Å². The summed E-state index contributed by atoms with van der Waals surface area (Å²) < 4.78 is 43.8. The number of carboxylic acids is 1. The van der Waals surface area contributed by atoms with Gasteiger partial charge in [-0.3, -0.25) is 0 Å². The van der Waals surface area contributed by atoms with Gasteiger partial charge in [0.2, 0.25) is 0 Å². The number of rotatable bonds is 2. The molecule has 104 valence electrons. The Hall–Kier alpha value is -1.70. The summed E-state index contributed by atoms with van der Waals surface area (Å²) in [5.41, 5.74) is -3.39. The lowest BCUT2D eigenvalue weighted by Crippen LogP contribution is -2.27. The topological polar surface area (TPSA) is 72.3 Å². The Morgan fingerprint density at radius 2 is 2.21 bits per heavy atom. The summed E-state index contributed by atoms with van der Waals surface area (Å²) in [6.07, 6.45) is -2.97. The standard InChI is InChI=1S/C11H11F3N2O3/c1-10(3-2-4-19-10)9-15-5-6(8(17)18)7(16-9)11(12,13)14/h5H,2-4H2,1H3,(H,17,18). The predicted octanol–water partition coefficient (Wildman–Crippen LogP) is 2.22. The lowest BCUT2D eigenvalue weighted by Gasteiger charge is -2.22. The molecule has 19 heavy (non-hydrogen) atoms. The molecule has 8 heteroatoms. The van der Waals surface area contributed by atoms with Gasteiger partial charge >= 0.3 is 12.1 Å². The van der Waals surface area contributed by atoms with Crippen molar-refractivity contribution in [2.24, 2.45) is 0 Å². The smallest absolute Gasteiger partial charge is 0.434 e. The van der Waals surface area contributed by atoms with Crippen LogP contribution in [0.4, 0.5) is 13.2 Å². The van der Waals surface area contributed by atoms with Crippen LogP contribution in [0.2, 0.25) is 0 Å². The van der Waals surface area contributed by atoms with Crippen LogP contribution < -0.4 is 0 Å². The van der Waals surface area contributed by atoms with Crippen molar-refractivity contribution < 1.29 is 27.8 Å². The fourth-order valence-corrected chi connectivity index (χ4v) is 1.96. The average molecular weight is 276 g/mol. The van der Waals surface area contributed by atoms with Crippen LogP contribution in [-0.4, -0.2) is 27.7 Å². The molecule has 1 atom stereocenters. The van der Waals surface area contributed by atoms with Crippen LogP contribution >= 0.6 is 0 Å². The first-order chi connectivity index (χ1) is 8.74. The van der Waals surface area contributed by atoms with E-state index in [2.05, 4.69) is 9.97 Å². The van der Waals surface area contributed by atoms with E-state index in [9.17, 15) is 18.0 Å². The monoisotopic (exact) mass is 276 g/mol. The molecule has 0 amide bonds. The Balaban J connectivity index is 2.53. The number of alkyl halides is 3. The molecule has 1 unspecified atom stereocenters. The molecule has 1 aromatic rings. The van der Waals surface area contributed by atoms with E-state index >= 15 is 0 Å². The number of ether oxygens (including phenoxy) is 1. The number of hydrogen-bond donors (Lipinski definition) is 1. The Morgan fingerprint density at radius 1 is 1.53 bits per heavy atom. The van der Waals surface area contributed by atoms with Crippen molar-refractivity contribution >= 4 is 5.97 Å². The van der Waals surface area contributed by atoms with Crippen molar-refractivity contribution in [3.8, 4) is 0 Å². The van der Waals surface area contributed by atoms with Crippen molar-refractivity contribution in [1.29, 1.82) is 0 Å². The van der Waals surface area contributed by atoms with Gasteiger partial charge in [-0.2, -0.15) is 13.2 Å². The van der Waals surface area contributed by atoms with Crippen molar-refractivity contribution in [3.05, 3.63) is 23.3 Å². The molecule has 1 saturated heterocycles. The maximum Gasteiger partial charge on any atom is 0.434 e. The second kappa shape index (κ2) is 4.44. The maximum atomic E-state index is 12.8. The third kappa shape index (κ3) is 2.53. The Morgan fingerprint density at radius 3 is 2.68 bits per heavy atom. The Kier molecular flexibility index (Phi) is 3.21. The Bertz CT molecular complexity index is 510. The minimum absolute atomic E-state index is 0.137. The van der Waals surface area contributed by atoms with E-state index in [0.717, 1.165) is 0 Å². The maximum absolute atomic E-state index is 12.8. The van der Waals surface area contributed by atoms with Gasteiger partial charge in [0.25, 0.3) is 0 Å². The lowest BCUT2D eigenvalue weighted by atomic mass is 10.0. The second-order valence-electron chi connectivity index (χ2n) is 4.44. The number of carbonyl (C=O) groups is 1. The molecule has 0 aromatic carbocycles. The van der Waals surface area contributed by atoms with Gasteiger partial charge in [-0.15, -0.1) is 0 Å². The number of nitrogens with zero attached hydrogens (tertiary/aromatic N) is 2. The summed E-state index contributed by atoms with van der Waals surface area (Å²) in [4.78, 5) is 17.9. The summed E-state index contributed by atoms with van der Waals surface area (Å²) >= 11 is 0. The highest BCUT2D eigenvalue weighted by Gasteiger charge is 2.41. The molecule has 2 heterocycles. The van der Waals surface area contributed by atoms with E-state index in [1.54, 1.807) is 6.92 Å². The van der Waals surface area contributed by atoms with Crippen LogP contribution in [0.3, 0.4) is 0 Å². The molecule has 1 fully saturated rings. The van der Waals surface area contributed by atoms with E-state index in [1.165, 1.54) is 0 Å². The first kappa shape index (κ1) is 13.7. The fraction of sp³-hybridized carbons (Fsp3) is 0.545. The third-order valence-corrected chi connectivity index (χ3v) is 2.98.